The molecule has 8 heteroatoms. The van der Waals surface area contributed by atoms with Gasteiger partial charge in [-0.1, -0.05) is 72.8 Å². The smallest absolute Gasteiger partial charge is 0.241 e. The highest BCUT2D eigenvalue weighted by Gasteiger charge is 2.23. The molecule has 0 aliphatic rings. The first-order valence-corrected chi connectivity index (χ1v) is 16.1. The summed E-state index contributed by atoms with van der Waals surface area (Å²) in [7, 11) is 3.36. The molecule has 0 fully saturated rings. The van der Waals surface area contributed by atoms with Gasteiger partial charge in [-0.3, -0.25) is 13.7 Å². The molecule has 10 aromatic rings. The first kappa shape index (κ1) is 27.4. The summed E-state index contributed by atoms with van der Waals surface area (Å²) >= 11 is 0. The second kappa shape index (κ2) is 10.4. The number of fused-ring (bicyclic) bond motifs is 9. The highest BCUT2D eigenvalue weighted by Crippen LogP contribution is 2.37. The highest BCUT2D eigenvalue weighted by atomic mass is 16.5. The van der Waals surface area contributed by atoms with E-state index in [0.29, 0.717) is 17.8 Å². The number of methoxy groups -OCH3 is 2. The largest absolute Gasteiger partial charge is 0.497 e. The van der Waals surface area contributed by atoms with Gasteiger partial charge >= 0.3 is 0 Å². The first-order chi connectivity index (χ1) is 24.2. The van der Waals surface area contributed by atoms with Gasteiger partial charge in [0.25, 0.3) is 0 Å². The van der Waals surface area contributed by atoms with Crippen LogP contribution in [0.3, 0.4) is 0 Å². The monoisotopic (exact) mass is 636 g/mol. The summed E-state index contributed by atoms with van der Waals surface area (Å²) in [4.78, 5) is 15.9. The van der Waals surface area contributed by atoms with E-state index in [1.54, 1.807) is 14.2 Å². The SMILES string of the molecule is COc1ccc2c3ccc(OC)cc3n(-c3nc(-n4c5ccccc5c5ccccc54)nc(-n4c5ccccc5c5ccccc54)n3)c2c1. The molecule has 4 aromatic heterocycles. The summed E-state index contributed by atoms with van der Waals surface area (Å²) in [6.07, 6.45) is 0. The number of hydrogen-bond donors (Lipinski definition) is 0. The van der Waals surface area contributed by atoms with E-state index >= 15 is 0 Å². The fourth-order valence-corrected chi connectivity index (χ4v) is 7.37. The maximum absolute atomic E-state index is 5.71. The Balaban J connectivity index is 1.38. The van der Waals surface area contributed by atoms with Gasteiger partial charge in [0.2, 0.25) is 17.8 Å². The van der Waals surface area contributed by atoms with Gasteiger partial charge in [-0.25, -0.2) is 0 Å². The Morgan fingerprint density at radius 1 is 0.347 bits per heavy atom. The van der Waals surface area contributed by atoms with E-state index in [-0.39, 0.29) is 0 Å². The van der Waals surface area contributed by atoms with Crippen molar-refractivity contribution in [2.75, 3.05) is 14.2 Å². The van der Waals surface area contributed by atoms with E-state index in [1.165, 1.54) is 0 Å². The van der Waals surface area contributed by atoms with Crippen LogP contribution in [0.2, 0.25) is 0 Å². The number of benzene rings is 6. The molecule has 0 spiro atoms. The second-order valence-corrected chi connectivity index (χ2v) is 12.1. The van der Waals surface area contributed by atoms with Gasteiger partial charge in [0.1, 0.15) is 11.5 Å². The minimum atomic E-state index is 0.477. The molecule has 0 aliphatic carbocycles. The minimum absolute atomic E-state index is 0.477. The molecule has 0 bridgehead atoms. The van der Waals surface area contributed by atoms with Crippen LogP contribution >= 0.6 is 0 Å². The van der Waals surface area contributed by atoms with Crippen molar-refractivity contribution in [1.82, 2.24) is 28.7 Å². The van der Waals surface area contributed by atoms with Crippen LogP contribution in [0.25, 0.3) is 83.3 Å². The Hall–Kier alpha value is -6.67. The average molecular weight is 637 g/mol. The van der Waals surface area contributed by atoms with Crippen molar-refractivity contribution in [1.29, 1.82) is 0 Å². The quantitative estimate of drug-likeness (QED) is 0.188. The van der Waals surface area contributed by atoms with Crippen LogP contribution < -0.4 is 9.47 Å². The van der Waals surface area contributed by atoms with Gasteiger partial charge in [0.05, 0.1) is 47.3 Å². The molecule has 0 N–H and O–H groups in total. The summed E-state index contributed by atoms with van der Waals surface area (Å²) in [5.74, 6) is 2.98. The molecule has 0 saturated carbocycles. The van der Waals surface area contributed by atoms with Crippen LogP contribution in [-0.4, -0.2) is 42.9 Å². The molecule has 49 heavy (non-hydrogen) atoms. The summed E-state index contributed by atoms with van der Waals surface area (Å²) in [6, 6.07) is 45.8. The molecule has 0 atom stereocenters. The van der Waals surface area contributed by atoms with Gasteiger partial charge in [0, 0.05) is 44.5 Å². The molecule has 0 radical (unpaired) electrons. The van der Waals surface area contributed by atoms with Gasteiger partial charge < -0.3 is 9.47 Å². The molecule has 10 rings (SSSR count). The molecule has 0 saturated heterocycles. The Morgan fingerprint density at radius 3 is 0.959 bits per heavy atom. The lowest BCUT2D eigenvalue weighted by molar-refractivity contribution is 0.415. The molecule has 6 aromatic carbocycles. The van der Waals surface area contributed by atoms with Crippen LogP contribution in [0.15, 0.2) is 133 Å². The standard InChI is InChI=1S/C41H28N6O2/c1-48-25-19-21-31-32-22-20-26(49-2)24-38(32)47(37(31)23-25)41-43-39(45-33-15-7-3-11-27(33)28-12-4-8-16-34(28)45)42-40(44-41)46-35-17-9-5-13-29(35)30-14-6-10-18-36(30)46/h3-24H,1-2H3. The van der Waals surface area contributed by atoms with Gasteiger partial charge in [-0.05, 0) is 48.5 Å². The van der Waals surface area contributed by atoms with Crippen molar-refractivity contribution in [3.05, 3.63) is 133 Å². The van der Waals surface area contributed by atoms with Crippen LogP contribution in [0.1, 0.15) is 0 Å². The Labute approximate surface area is 280 Å². The van der Waals surface area contributed by atoms with Crippen molar-refractivity contribution in [2.45, 2.75) is 0 Å². The lowest BCUT2D eigenvalue weighted by Gasteiger charge is -2.14. The fourth-order valence-electron chi connectivity index (χ4n) is 7.37. The highest BCUT2D eigenvalue weighted by molar-refractivity contribution is 6.11. The molecule has 4 heterocycles. The third kappa shape index (κ3) is 3.94. The summed E-state index contributed by atoms with van der Waals surface area (Å²) in [5.41, 5.74) is 5.88. The number of para-hydroxylation sites is 4. The summed E-state index contributed by atoms with van der Waals surface area (Å²) < 4.78 is 17.8. The van der Waals surface area contributed by atoms with Crippen molar-refractivity contribution in [2.24, 2.45) is 0 Å². The normalized spacial score (nSPS) is 11.9. The molecule has 0 unspecified atom stereocenters. The fraction of sp³-hybridized carbons (Fsp3) is 0.0488. The molecule has 0 aliphatic heterocycles. The zero-order valence-electron chi connectivity index (χ0n) is 26.7. The molecular weight excluding hydrogens is 608 g/mol. The maximum atomic E-state index is 5.71. The third-order valence-corrected chi connectivity index (χ3v) is 9.54. The minimum Gasteiger partial charge on any atom is -0.497 e. The molecule has 234 valence electrons. The number of aromatic nitrogens is 6. The Morgan fingerprint density at radius 2 is 0.633 bits per heavy atom. The molecule has 8 nitrogen and oxygen atoms in total. The van der Waals surface area contributed by atoms with Gasteiger partial charge in [0.15, 0.2) is 0 Å². The van der Waals surface area contributed by atoms with Crippen LogP contribution in [0.4, 0.5) is 0 Å². The summed E-state index contributed by atoms with van der Waals surface area (Å²) in [6.45, 7) is 0. The van der Waals surface area contributed by atoms with E-state index in [4.69, 9.17) is 24.4 Å². The van der Waals surface area contributed by atoms with Gasteiger partial charge in [-0.15, -0.1) is 0 Å². The molecular formula is C41H28N6O2. The van der Waals surface area contributed by atoms with Crippen LogP contribution in [-0.2, 0) is 0 Å². The van der Waals surface area contributed by atoms with E-state index in [2.05, 4.69) is 123 Å². The number of rotatable bonds is 5. The number of hydrogen-bond acceptors (Lipinski definition) is 5. The van der Waals surface area contributed by atoms with E-state index < -0.39 is 0 Å². The van der Waals surface area contributed by atoms with Crippen molar-refractivity contribution < 1.29 is 9.47 Å². The second-order valence-electron chi connectivity index (χ2n) is 12.1. The van der Waals surface area contributed by atoms with E-state index in [9.17, 15) is 0 Å². The Bertz CT molecular complexity index is 2630. The lowest BCUT2D eigenvalue weighted by atomic mass is 10.1. The van der Waals surface area contributed by atoms with Crippen molar-refractivity contribution >= 4 is 65.4 Å². The average Bonchev–Trinajstić information content (AvgIpc) is 3.79. The van der Waals surface area contributed by atoms with E-state index in [0.717, 1.165) is 76.9 Å². The van der Waals surface area contributed by atoms with Crippen LogP contribution in [0, 0.1) is 0 Å². The Kier molecular flexibility index (Phi) is 5.83. The number of nitrogens with zero attached hydrogens (tertiary/aromatic N) is 6. The predicted octanol–water partition coefficient (Wildman–Crippen LogP) is 9.18. The zero-order valence-corrected chi connectivity index (χ0v) is 26.7. The summed E-state index contributed by atoms with van der Waals surface area (Å²) in [5, 5.41) is 6.62. The van der Waals surface area contributed by atoms with Gasteiger partial charge in [-0.2, -0.15) is 15.0 Å². The molecule has 0 amide bonds. The number of ether oxygens (including phenoxy) is 2. The predicted molar refractivity (Wildman–Crippen MR) is 196 cm³/mol. The third-order valence-electron chi connectivity index (χ3n) is 9.54. The lowest BCUT2D eigenvalue weighted by Crippen LogP contribution is -2.13. The first-order valence-electron chi connectivity index (χ1n) is 16.1. The van der Waals surface area contributed by atoms with Crippen molar-refractivity contribution in [3.8, 4) is 29.3 Å². The topological polar surface area (TPSA) is 71.9 Å². The van der Waals surface area contributed by atoms with Crippen molar-refractivity contribution in [3.63, 3.8) is 0 Å². The zero-order chi connectivity index (χ0) is 32.6. The van der Waals surface area contributed by atoms with Crippen LogP contribution in [0.5, 0.6) is 11.5 Å². The maximum Gasteiger partial charge on any atom is 0.241 e. The van der Waals surface area contributed by atoms with E-state index in [1.807, 2.05) is 24.3 Å².